The van der Waals surface area contributed by atoms with E-state index in [1.807, 2.05) is 24.3 Å². The van der Waals surface area contributed by atoms with Crippen molar-refractivity contribution in [1.82, 2.24) is 19.9 Å². The summed E-state index contributed by atoms with van der Waals surface area (Å²) in [7, 11) is 0. The first kappa shape index (κ1) is 19.8. The van der Waals surface area contributed by atoms with Gasteiger partial charge in [-0.05, 0) is 37.3 Å². The summed E-state index contributed by atoms with van der Waals surface area (Å²) in [6, 6.07) is 14.0. The lowest BCUT2D eigenvalue weighted by Gasteiger charge is -2.35. The van der Waals surface area contributed by atoms with Gasteiger partial charge in [-0.25, -0.2) is 9.07 Å². The number of hydrogen-bond donors (Lipinski definition) is 0. The third-order valence-electron chi connectivity index (χ3n) is 5.25. The molecule has 1 aliphatic rings. The number of carbonyl (C=O) groups is 2. The van der Waals surface area contributed by atoms with Gasteiger partial charge < -0.3 is 9.80 Å². The number of ketones is 1. The second-order valence-corrected chi connectivity index (χ2v) is 7.28. The van der Waals surface area contributed by atoms with Gasteiger partial charge in [-0.3, -0.25) is 9.59 Å². The van der Waals surface area contributed by atoms with Crippen LogP contribution in [0.1, 0.15) is 33.3 Å². The zero-order valence-electron chi connectivity index (χ0n) is 16.7. The molecule has 0 bridgehead atoms. The van der Waals surface area contributed by atoms with E-state index in [1.165, 1.54) is 10.7 Å². The maximum absolute atomic E-state index is 13.8. The quantitative estimate of drug-likeness (QED) is 0.608. The molecule has 0 saturated carbocycles. The van der Waals surface area contributed by atoms with Gasteiger partial charge in [0.2, 0.25) is 0 Å². The summed E-state index contributed by atoms with van der Waals surface area (Å²) >= 11 is 0. The molecule has 0 atom stereocenters. The number of hydrogen-bond acceptors (Lipinski definition) is 5. The second kappa shape index (κ2) is 8.44. The van der Waals surface area contributed by atoms with Crippen LogP contribution in [0.5, 0.6) is 0 Å². The van der Waals surface area contributed by atoms with Crippen LogP contribution in [0.4, 0.5) is 10.1 Å². The normalized spacial score (nSPS) is 14.1. The Morgan fingerprint density at radius 2 is 1.70 bits per heavy atom. The van der Waals surface area contributed by atoms with Crippen LogP contribution in [0.25, 0.3) is 0 Å². The van der Waals surface area contributed by atoms with E-state index in [0.29, 0.717) is 37.3 Å². The van der Waals surface area contributed by atoms with Crippen LogP contribution >= 0.6 is 0 Å². The Bertz CT molecular complexity index is 1060. The van der Waals surface area contributed by atoms with Crippen molar-refractivity contribution in [2.45, 2.75) is 13.5 Å². The van der Waals surface area contributed by atoms with Crippen molar-refractivity contribution in [2.24, 2.45) is 0 Å². The number of rotatable bonds is 5. The molecule has 0 unspecified atom stereocenters. The predicted molar refractivity (Wildman–Crippen MR) is 110 cm³/mol. The average molecular weight is 407 g/mol. The molecule has 0 aliphatic carbocycles. The van der Waals surface area contributed by atoms with E-state index in [9.17, 15) is 14.0 Å². The van der Waals surface area contributed by atoms with Crippen LogP contribution in [-0.4, -0.2) is 57.8 Å². The van der Waals surface area contributed by atoms with Gasteiger partial charge in [-0.1, -0.05) is 23.4 Å². The number of nitrogens with zero attached hydrogens (tertiary/aromatic N) is 5. The Kier molecular flexibility index (Phi) is 5.56. The first-order valence-electron chi connectivity index (χ1n) is 9.80. The minimum atomic E-state index is -0.312. The zero-order valence-corrected chi connectivity index (χ0v) is 16.7. The fraction of sp³-hybridized carbons (Fsp3) is 0.273. The molecule has 1 aliphatic heterocycles. The van der Waals surface area contributed by atoms with Crippen LogP contribution in [0.15, 0.2) is 54.7 Å². The molecule has 30 heavy (non-hydrogen) atoms. The lowest BCUT2D eigenvalue weighted by atomic mass is 10.1. The maximum Gasteiger partial charge on any atom is 0.276 e. The summed E-state index contributed by atoms with van der Waals surface area (Å²) in [5, 5.41) is 7.94. The van der Waals surface area contributed by atoms with Gasteiger partial charge >= 0.3 is 0 Å². The highest BCUT2D eigenvalue weighted by molar-refractivity contribution is 5.94. The van der Waals surface area contributed by atoms with Crippen LogP contribution in [0.2, 0.25) is 0 Å². The van der Waals surface area contributed by atoms with Crippen LogP contribution < -0.4 is 4.90 Å². The molecule has 0 radical (unpaired) electrons. The lowest BCUT2D eigenvalue weighted by Crippen LogP contribution is -2.48. The van der Waals surface area contributed by atoms with E-state index in [-0.39, 0.29) is 29.7 Å². The maximum atomic E-state index is 13.8. The first-order chi connectivity index (χ1) is 14.5. The minimum Gasteiger partial charge on any atom is -0.368 e. The predicted octanol–water partition coefficient (Wildman–Crippen LogP) is 2.63. The summed E-state index contributed by atoms with van der Waals surface area (Å²) in [4.78, 5) is 28.1. The van der Waals surface area contributed by atoms with Crippen molar-refractivity contribution in [2.75, 3.05) is 31.1 Å². The van der Waals surface area contributed by atoms with Gasteiger partial charge in [0.25, 0.3) is 5.91 Å². The highest BCUT2D eigenvalue weighted by Crippen LogP contribution is 2.18. The van der Waals surface area contributed by atoms with Crippen LogP contribution in [-0.2, 0) is 6.54 Å². The fourth-order valence-electron chi connectivity index (χ4n) is 3.51. The fourth-order valence-corrected chi connectivity index (χ4v) is 3.51. The molecule has 1 fully saturated rings. The number of Topliss-reactive ketones (excluding diaryl/α,β-unsaturated/α-hetero) is 1. The Labute approximate surface area is 173 Å². The molecule has 1 amide bonds. The minimum absolute atomic E-state index is 0.0417. The average Bonchev–Trinajstić information content (AvgIpc) is 3.23. The molecule has 8 heteroatoms. The summed E-state index contributed by atoms with van der Waals surface area (Å²) < 4.78 is 15.3. The van der Waals surface area contributed by atoms with E-state index < -0.39 is 0 Å². The Morgan fingerprint density at radius 3 is 2.37 bits per heavy atom. The number of carbonyl (C=O) groups excluding carboxylic acids is 2. The molecule has 0 N–H and O–H groups in total. The summed E-state index contributed by atoms with van der Waals surface area (Å²) in [6.45, 7) is 4.27. The summed E-state index contributed by atoms with van der Waals surface area (Å²) in [6.07, 6.45) is 1.56. The van der Waals surface area contributed by atoms with Crippen molar-refractivity contribution in [3.63, 3.8) is 0 Å². The highest BCUT2D eigenvalue weighted by atomic mass is 19.1. The summed E-state index contributed by atoms with van der Waals surface area (Å²) in [5.74, 6) is -0.449. The van der Waals surface area contributed by atoms with E-state index >= 15 is 0 Å². The zero-order chi connectivity index (χ0) is 21.1. The van der Waals surface area contributed by atoms with Crippen LogP contribution in [0, 0.1) is 5.82 Å². The van der Waals surface area contributed by atoms with Crippen LogP contribution in [0.3, 0.4) is 0 Å². The van der Waals surface area contributed by atoms with Crippen molar-refractivity contribution in [1.29, 1.82) is 0 Å². The molecule has 2 aromatic carbocycles. The number of benzene rings is 2. The molecule has 1 aromatic heterocycles. The molecular formula is C22H22FN5O2. The van der Waals surface area contributed by atoms with E-state index in [1.54, 1.807) is 36.2 Å². The number of anilines is 1. The molecule has 2 heterocycles. The molecule has 0 spiro atoms. The third-order valence-corrected chi connectivity index (χ3v) is 5.25. The Balaban J connectivity index is 1.36. The molecule has 3 aromatic rings. The van der Waals surface area contributed by atoms with Gasteiger partial charge in [0.05, 0.1) is 12.7 Å². The lowest BCUT2D eigenvalue weighted by molar-refractivity contribution is 0.0740. The standard InChI is InChI=1S/C22H22FN5O2/c1-16(29)17-6-8-19(9-7-17)26-10-12-27(13-11-26)22(30)21-15-28(25-24-21)14-18-4-2-3-5-20(18)23/h2-9,15H,10-14H2,1H3. The van der Waals surface area contributed by atoms with Gasteiger partial charge in [0.15, 0.2) is 11.5 Å². The van der Waals surface area contributed by atoms with Gasteiger partial charge in [0, 0.05) is 43.0 Å². The van der Waals surface area contributed by atoms with E-state index in [0.717, 1.165) is 5.69 Å². The van der Waals surface area contributed by atoms with Crippen molar-refractivity contribution < 1.29 is 14.0 Å². The van der Waals surface area contributed by atoms with Gasteiger partial charge in [0.1, 0.15) is 5.82 Å². The van der Waals surface area contributed by atoms with Gasteiger partial charge in [-0.15, -0.1) is 5.10 Å². The number of amides is 1. The molecule has 1 saturated heterocycles. The Morgan fingerprint density at radius 1 is 1.00 bits per heavy atom. The number of aromatic nitrogens is 3. The van der Waals surface area contributed by atoms with Gasteiger partial charge in [-0.2, -0.15) is 0 Å². The molecule has 154 valence electrons. The first-order valence-corrected chi connectivity index (χ1v) is 9.80. The topological polar surface area (TPSA) is 71.3 Å². The van der Waals surface area contributed by atoms with Crippen molar-refractivity contribution in [3.8, 4) is 0 Å². The SMILES string of the molecule is CC(=O)c1ccc(N2CCN(C(=O)c3cn(Cc4ccccc4F)nn3)CC2)cc1. The third kappa shape index (κ3) is 4.22. The van der Waals surface area contributed by atoms with E-state index in [4.69, 9.17) is 0 Å². The monoisotopic (exact) mass is 407 g/mol. The largest absolute Gasteiger partial charge is 0.368 e. The smallest absolute Gasteiger partial charge is 0.276 e. The highest BCUT2D eigenvalue weighted by Gasteiger charge is 2.24. The van der Waals surface area contributed by atoms with Crippen molar-refractivity contribution >= 4 is 17.4 Å². The molecule has 4 rings (SSSR count). The number of halogens is 1. The van der Waals surface area contributed by atoms with E-state index in [2.05, 4.69) is 15.2 Å². The molecule has 7 nitrogen and oxygen atoms in total. The van der Waals surface area contributed by atoms with Crippen molar-refractivity contribution in [3.05, 3.63) is 77.4 Å². The Hall–Kier alpha value is -3.55. The number of piperazine rings is 1. The second-order valence-electron chi connectivity index (χ2n) is 7.28. The summed E-state index contributed by atoms with van der Waals surface area (Å²) in [5.41, 5.74) is 2.46. The molecular weight excluding hydrogens is 385 g/mol.